The minimum atomic E-state index is -0.632. The molecule has 0 spiro atoms. The molecule has 2 N–H and O–H groups in total. The minimum Gasteiger partial charge on any atom is -0.366 e. The van der Waals surface area contributed by atoms with Gasteiger partial charge in [-0.1, -0.05) is 29.8 Å². The summed E-state index contributed by atoms with van der Waals surface area (Å²) < 4.78 is 29.2. The summed E-state index contributed by atoms with van der Waals surface area (Å²) in [6, 6.07) is 14.0. The van der Waals surface area contributed by atoms with Gasteiger partial charge in [-0.15, -0.1) is 0 Å². The fraction of sp³-hybridized carbons (Fsp3) is 0.0500. The van der Waals surface area contributed by atoms with E-state index in [-0.39, 0.29) is 6.54 Å². The van der Waals surface area contributed by atoms with E-state index in [0.29, 0.717) is 21.5 Å². The molecule has 1 heterocycles. The van der Waals surface area contributed by atoms with E-state index in [0.717, 1.165) is 22.5 Å². The Bertz CT molecular complexity index is 1180. The molecule has 0 fully saturated rings. The average molecular weight is 371 g/mol. The first kappa shape index (κ1) is 16.5. The lowest BCUT2D eigenvalue weighted by molar-refractivity contribution is 0.100. The van der Waals surface area contributed by atoms with Crippen LogP contribution in [0.3, 0.4) is 0 Å². The van der Waals surface area contributed by atoms with Gasteiger partial charge in [0.1, 0.15) is 11.6 Å². The van der Waals surface area contributed by atoms with E-state index in [9.17, 15) is 13.6 Å². The summed E-state index contributed by atoms with van der Waals surface area (Å²) in [5.41, 5.74) is 7.70. The number of nitrogens with two attached hydrogens (primary N) is 1. The Hall–Kier alpha value is -2.92. The van der Waals surface area contributed by atoms with Crippen molar-refractivity contribution in [1.29, 1.82) is 0 Å². The molecular weight excluding hydrogens is 358 g/mol. The van der Waals surface area contributed by atoms with Crippen molar-refractivity contribution in [3.8, 4) is 0 Å². The number of aromatic nitrogens is 1. The van der Waals surface area contributed by atoms with Crippen molar-refractivity contribution in [2.75, 3.05) is 0 Å². The molecule has 0 saturated heterocycles. The highest BCUT2D eigenvalue weighted by atomic mass is 35.5. The van der Waals surface area contributed by atoms with Crippen LogP contribution >= 0.6 is 11.6 Å². The molecule has 0 saturated carbocycles. The Kier molecular flexibility index (Phi) is 3.89. The van der Waals surface area contributed by atoms with Crippen LogP contribution in [0.1, 0.15) is 15.9 Å². The number of carbonyl (C=O) groups excluding carboxylic acids is 1. The number of hydrogen-bond donors (Lipinski definition) is 1. The Morgan fingerprint density at radius 1 is 1.04 bits per heavy atom. The van der Waals surface area contributed by atoms with Crippen LogP contribution in [0.4, 0.5) is 8.78 Å². The topological polar surface area (TPSA) is 48.0 Å². The van der Waals surface area contributed by atoms with Crippen LogP contribution in [0.15, 0.2) is 54.6 Å². The third-order valence-corrected chi connectivity index (χ3v) is 4.70. The van der Waals surface area contributed by atoms with Crippen LogP contribution in [0.25, 0.3) is 21.8 Å². The number of primary amides is 1. The lowest BCUT2D eigenvalue weighted by Crippen LogP contribution is -2.11. The molecule has 0 aliphatic carbocycles. The first-order valence-electron chi connectivity index (χ1n) is 7.90. The summed E-state index contributed by atoms with van der Waals surface area (Å²) in [4.78, 5) is 11.9. The Labute approximate surface area is 152 Å². The van der Waals surface area contributed by atoms with Gasteiger partial charge in [0, 0.05) is 33.0 Å². The van der Waals surface area contributed by atoms with E-state index >= 15 is 0 Å². The fourth-order valence-corrected chi connectivity index (χ4v) is 3.48. The first-order chi connectivity index (χ1) is 12.5. The van der Waals surface area contributed by atoms with E-state index in [1.807, 2.05) is 16.7 Å². The van der Waals surface area contributed by atoms with Crippen molar-refractivity contribution in [2.24, 2.45) is 5.73 Å². The van der Waals surface area contributed by atoms with E-state index in [4.69, 9.17) is 17.3 Å². The molecule has 0 bridgehead atoms. The summed E-state index contributed by atoms with van der Waals surface area (Å²) >= 11 is 6.15. The summed E-state index contributed by atoms with van der Waals surface area (Å²) in [6.45, 7) is 0.161. The Balaban J connectivity index is 2.05. The number of nitrogens with zero attached hydrogens (tertiary/aromatic N) is 1. The zero-order valence-corrected chi connectivity index (χ0v) is 14.2. The van der Waals surface area contributed by atoms with E-state index < -0.39 is 17.5 Å². The highest BCUT2D eigenvalue weighted by molar-refractivity contribution is 6.32. The summed E-state index contributed by atoms with van der Waals surface area (Å²) in [5, 5.41) is 2.00. The second-order valence-corrected chi connectivity index (χ2v) is 6.48. The maximum atomic E-state index is 14.2. The molecular formula is C20H13ClF2N2O. The second-order valence-electron chi connectivity index (χ2n) is 6.05. The van der Waals surface area contributed by atoms with Crippen molar-refractivity contribution in [1.82, 2.24) is 4.57 Å². The summed E-state index contributed by atoms with van der Waals surface area (Å²) in [6.07, 6.45) is 0. The van der Waals surface area contributed by atoms with Gasteiger partial charge in [-0.05, 0) is 30.3 Å². The Morgan fingerprint density at radius 2 is 1.85 bits per heavy atom. The lowest BCUT2D eigenvalue weighted by Gasteiger charge is -2.09. The second kappa shape index (κ2) is 6.11. The zero-order valence-electron chi connectivity index (χ0n) is 13.5. The largest absolute Gasteiger partial charge is 0.366 e. The zero-order chi connectivity index (χ0) is 18.4. The summed E-state index contributed by atoms with van der Waals surface area (Å²) in [5.74, 6) is -1.81. The van der Waals surface area contributed by atoms with Gasteiger partial charge in [0.2, 0.25) is 5.91 Å². The van der Waals surface area contributed by atoms with Gasteiger partial charge in [-0.3, -0.25) is 4.79 Å². The van der Waals surface area contributed by atoms with Gasteiger partial charge in [0.05, 0.1) is 17.6 Å². The smallest absolute Gasteiger partial charge is 0.249 e. The average Bonchev–Trinajstić information content (AvgIpc) is 2.90. The van der Waals surface area contributed by atoms with Crippen molar-refractivity contribution in [2.45, 2.75) is 6.54 Å². The van der Waals surface area contributed by atoms with Crippen molar-refractivity contribution >= 4 is 39.3 Å². The van der Waals surface area contributed by atoms with E-state index in [1.54, 1.807) is 24.3 Å². The van der Waals surface area contributed by atoms with E-state index in [2.05, 4.69) is 0 Å². The van der Waals surface area contributed by atoms with Gasteiger partial charge in [0.25, 0.3) is 0 Å². The molecule has 0 unspecified atom stereocenters. The molecule has 26 heavy (non-hydrogen) atoms. The molecule has 4 aromatic rings. The highest BCUT2D eigenvalue weighted by Gasteiger charge is 2.17. The summed E-state index contributed by atoms with van der Waals surface area (Å²) in [7, 11) is 0. The number of benzene rings is 3. The van der Waals surface area contributed by atoms with Crippen LogP contribution in [0.5, 0.6) is 0 Å². The molecule has 4 rings (SSSR count). The molecule has 1 aromatic heterocycles. The number of halogens is 3. The van der Waals surface area contributed by atoms with Gasteiger partial charge >= 0.3 is 0 Å². The SMILES string of the molecule is NC(=O)c1cccc2c1c1ccc(Cl)cc1n2Cc1ccc(F)cc1F. The number of hydrogen-bond acceptors (Lipinski definition) is 1. The van der Waals surface area contributed by atoms with Crippen molar-refractivity contribution in [3.63, 3.8) is 0 Å². The molecule has 0 radical (unpaired) electrons. The maximum absolute atomic E-state index is 14.2. The van der Waals surface area contributed by atoms with Gasteiger partial charge < -0.3 is 10.3 Å². The van der Waals surface area contributed by atoms with Gasteiger partial charge in [0.15, 0.2) is 0 Å². The van der Waals surface area contributed by atoms with Gasteiger partial charge in [-0.2, -0.15) is 0 Å². The molecule has 130 valence electrons. The first-order valence-corrected chi connectivity index (χ1v) is 8.27. The normalized spacial score (nSPS) is 11.3. The number of fused-ring (bicyclic) bond motifs is 3. The molecule has 6 heteroatoms. The third kappa shape index (κ3) is 2.61. The number of rotatable bonds is 3. The predicted octanol–water partition coefficient (Wildman–Crippen LogP) is 4.87. The van der Waals surface area contributed by atoms with Gasteiger partial charge in [-0.25, -0.2) is 8.78 Å². The maximum Gasteiger partial charge on any atom is 0.249 e. The van der Waals surface area contributed by atoms with Crippen molar-refractivity contribution in [3.05, 3.63) is 82.4 Å². The fourth-order valence-electron chi connectivity index (χ4n) is 3.31. The lowest BCUT2D eigenvalue weighted by atomic mass is 10.1. The van der Waals surface area contributed by atoms with Crippen molar-refractivity contribution < 1.29 is 13.6 Å². The predicted molar refractivity (Wildman–Crippen MR) is 98.4 cm³/mol. The minimum absolute atomic E-state index is 0.161. The highest BCUT2D eigenvalue weighted by Crippen LogP contribution is 2.34. The Morgan fingerprint density at radius 3 is 2.58 bits per heavy atom. The van der Waals surface area contributed by atoms with Crippen LogP contribution in [0.2, 0.25) is 5.02 Å². The molecule has 1 amide bonds. The van der Waals surface area contributed by atoms with Crippen LogP contribution in [-0.4, -0.2) is 10.5 Å². The molecule has 0 aliphatic rings. The van der Waals surface area contributed by atoms with E-state index in [1.165, 1.54) is 12.1 Å². The van der Waals surface area contributed by atoms with Crippen LogP contribution in [0, 0.1) is 11.6 Å². The quantitative estimate of drug-likeness (QED) is 0.549. The molecule has 0 atom stereocenters. The molecule has 3 aromatic carbocycles. The third-order valence-electron chi connectivity index (χ3n) is 4.46. The number of amides is 1. The molecule has 3 nitrogen and oxygen atoms in total. The van der Waals surface area contributed by atoms with Crippen LogP contribution < -0.4 is 5.73 Å². The van der Waals surface area contributed by atoms with Crippen LogP contribution in [-0.2, 0) is 6.54 Å². The monoisotopic (exact) mass is 370 g/mol. The number of carbonyl (C=O) groups is 1. The standard InChI is InChI=1S/C20H13ClF2N2O/c21-12-5-7-14-18(8-12)25(10-11-4-6-13(22)9-16(11)23)17-3-1-2-15(19(14)17)20(24)26/h1-9H,10H2,(H2,24,26). The molecule has 0 aliphatic heterocycles.